The van der Waals surface area contributed by atoms with E-state index in [0.717, 1.165) is 25.7 Å². The Morgan fingerprint density at radius 2 is 1.88 bits per heavy atom. The molecule has 2 rings (SSSR count). The first kappa shape index (κ1) is 12.4. The van der Waals surface area contributed by atoms with Crippen LogP contribution in [0.4, 0.5) is 0 Å². The van der Waals surface area contributed by atoms with Gasteiger partial charge in [0.25, 0.3) is 0 Å². The molecule has 0 aromatic rings. The number of carbonyl (C=O) groups excluding carboxylic acids is 1. The SMILES string of the molecule is CCCC1(C(=O)O)CCN(C(=O)C2CC2)CC1. The van der Waals surface area contributed by atoms with Crippen molar-refractivity contribution in [2.45, 2.75) is 45.4 Å². The molecule has 0 spiro atoms. The van der Waals surface area contributed by atoms with Crippen LogP contribution in [0.2, 0.25) is 0 Å². The highest BCUT2D eigenvalue weighted by molar-refractivity contribution is 5.82. The van der Waals surface area contributed by atoms with Gasteiger partial charge in [0.2, 0.25) is 5.91 Å². The fourth-order valence-electron chi connectivity index (χ4n) is 2.79. The summed E-state index contributed by atoms with van der Waals surface area (Å²) in [4.78, 5) is 25.1. The van der Waals surface area contributed by atoms with Crippen LogP contribution in [0.25, 0.3) is 0 Å². The van der Waals surface area contributed by atoms with Gasteiger partial charge in [-0.25, -0.2) is 0 Å². The third-order valence-corrected chi connectivity index (χ3v) is 4.14. The van der Waals surface area contributed by atoms with Gasteiger partial charge in [-0.2, -0.15) is 0 Å². The summed E-state index contributed by atoms with van der Waals surface area (Å²) in [5.74, 6) is -0.183. The van der Waals surface area contributed by atoms with Gasteiger partial charge in [0, 0.05) is 19.0 Å². The molecule has 96 valence electrons. The van der Waals surface area contributed by atoms with Gasteiger partial charge in [0.05, 0.1) is 5.41 Å². The predicted octanol–water partition coefficient (Wildman–Crippen LogP) is 1.89. The van der Waals surface area contributed by atoms with E-state index >= 15 is 0 Å². The minimum absolute atomic E-state index is 0.249. The molecular weight excluding hydrogens is 218 g/mol. The van der Waals surface area contributed by atoms with Crippen molar-refractivity contribution in [2.24, 2.45) is 11.3 Å². The largest absolute Gasteiger partial charge is 0.481 e. The number of carbonyl (C=O) groups is 2. The Morgan fingerprint density at radius 1 is 1.29 bits per heavy atom. The maximum Gasteiger partial charge on any atom is 0.309 e. The number of piperidine rings is 1. The molecule has 4 heteroatoms. The third kappa shape index (κ3) is 2.45. The normalized spacial score (nSPS) is 23.5. The molecule has 1 aliphatic carbocycles. The van der Waals surface area contributed by atoms with Crippen LogP contribution < -0.4 is 0 Å². The van der Waals surface area contributed by atoms with Gasteiger partial charge in [0.1, 0.15) is 0 Å². The van der Waals surface area contributed by atoms with Crippen molar-refractivity contribution in [2.75, 3.05) is 13.1 Å². The van der Waals surface area contributed by atoms with Crippen LogP contribution in [-0.4, -0.2) is 35.0 Å². The van der Waals surface area contributed by atoms with Crippen molar-refractivity contribution in [1.29, 1.82) is 0 Å². The molecule has 1 aliphatic heterocycles. The molecular formula is C13H21NO3. The summed E-state index contributed by atoms with van der Waals surface area (Å²) in [5, 5.41) is 9.36. The van der Waals surface area contributed by atoms with E-state index < -0.39 is 11.4 Å². The van der Waals surface area contributed by atoms with Crippen molar-refractivity contribution in [3.63, 3.8) is 0 Å². The zero-order valence-electron chi connectivity index (χ0n) is 10.4. The molecule has 17 heavy (non-hydrogen) atoms. The molecule has 2 aliphatic rings. The van der Waals surface area contributed by atoms with Crippen molar-refractivity contribution in [1.82, 2.24) is 4.90 Å². The highest BCUT2D eigenvalue weighted by Crippen LogP contribution is 2.38. The standard InChI is InChI=1S/C13H21NO3/c1-2-5-13(12(16)17)6-8-14(9-7-13)11(15)10-3-4-10/h10H,2-9H2,1H3,(H,16,17). The van der Waals surface area contributed by atoms with E-state index in [1.807, 2.05) is 11.8 Å². The molecule has 2 fully saturated rings. The summed E-state index contributed by atoms with van der Waals surface area (Å²) in [6.45, 7) is 3.27. The molecule has 0 bridgehead atoms. The number of carboxylic acid groups (broad SMARTS) is 1. The molecule has 0 aromatic carbocycles. The van der Waals surface area contributed by atoms with Crippen molar-refractivity contribution >= 4 is 11.9 Å². The topological polar surface area (TPSA) is 57.6 Å². The van der Waals surface area contributed by atoms with Crippen LogP contribution in [0.1, 0.15) is 45.4 Å². The van der Waals surface area contributed by atoms with Crippen LogP contribution in [-0.2, 0) is 9.59 Å². The molecule has 1 saturated heterocycles. The quantitative estimate of drug-likeness (QED) is 0.815. The van der Waals surface area contributed by atoms with Crippen LogP contribution in [0.5, 0.6) is 0 Å². The van der Waals surface area contributed by atoms with E-state index in [9.17, 15) is 14.7 Å². The molecule has 4 nitrogen and oxygen atoms in total. The zero-order valence-corrected chi connectivity index (χ0v) is 10.4. The first-order valence-electron chi connectivity index (χ1n) is 6.61. The number of amides is 1. The summed E-state index contributed by atoms with van der Waals surface area (Å²) in [6.07, 6.45) is 4.91. The fraction of sp³-hybridized carbons (Fsp3) is 0.846. The number of rotatable bonds is 4. The third-order valence-electron chi connectivity index (χ3n) is 4.14. The van der Waals surface area contributed by atoms with E-state index in [1.165, 1.54) is 0 Å². The van der Waals surface area contributed by atoms with Gasteiger partial charge in [-0.15, -0.1) is 0 Å². The van der Waals surface area contributed by atoms with E-state index in [4.69, 9.17) is 0 Å². The molecule has 0 radical (unpaired) electrons. The average Bonchev–Trinajstić information content (AvgIpc) is 3.13. The van der Waals surface area contributed by atoms with E-state index in [1.54, 1.807) is 0 Å². The number of hydrogen-bond donors (Lipinski definition) is 1. The van der Waals surface area contributed by atoms with Gasteiger partial charge in [-0.05, 0) is 32.1 Å². The summed E-state index contributed by atoms with van der Waals surface area (Å²) in [7, 11) is 0. The summed E-state index contributed by atoms with van der Waals surface area (Å²) >= 11 is 0. The number of likely N-dealkylation sites (tertiary alicyclic amines) is 1. The first-order valence-corrected chi connectivity index (χ1v) is 6.61. The molecule has 1 N–H and O–H groups in total. The number of nitrogens with zero attached hydrogens (tertiary/aromatic N) is 1. The lowest BCUT2D eigenvalue weighted by Crippen LogP contribution is -2.47. The highest BCUT2D eigenvalue weighted by Gasteiger charge is 2.43. The second-order valence-corrected chi connectivity index (χ2v) is 5.44. The summed E-state index contributed by atoms with van der Waals surface area (Å²) in [5.41, 5.74) is -0.574. The number of hydrogen-bond acceptors (Lipinski definition) is 2. The van der Waals surface area contributed by atoms with Crippen LogP contribution >= 0.6 is 0 Å². The maximum absolute atomic E-state index is 11.9. The van der Waals surface area contributed by atoms with E-state index in [2.05, 4.69) is 0 Å². The summed E-state index contributed by atoms with van der Waals surface area (Å²) in [6, 6.07) is 0. The smallest absolute Gasteiger partial charge is 0.309 e. The molecule has 1 amide bonds. The highest BCUT2D eigenvalue weighted by atomic mass is 16.4. The second-order valence-electron chi connectivity index (χ2n) is 5.44. The lowest BCUT2D eigenvalue weighted by Gasteiger charge is -2.39. The minimum atomic E-state index is -0.683. The van der Waals surface area contributed by atoms with E-state index in [-0.39, 0.29) is 11.8 Å². The molecule has 0 unspecified atom stereocenters. The Balaban J connectivity index is 1.94. The fourth-order valence-corrected chi connectivity index (χ4v) is 2.79. The number of carboxylic acids is 1. The van der Waals surface area contributed by atoms with Gasteiger partial charge in [0.15, 0.2) is 0 Å². The van der Waals surface area contributed by atoms with Crippen LogP contribution in [0.3, 0.4) is 0 Å². The maximum atomic E-state index is 11.9. The molecule has 1 saturated carbocycles. The lowest BCUT2D eigenvalue weighted by atomic mass is 9.75. The van der Waals surface area contributed by atoms with Crippen molar-refractivity contribution in [3.8, 4) is 0 Å². The predicted molar refractivity (Wildman–Crippen MR) is 63.5 cm³/mol. The zero-order chi connectivity index (χ0) is 12.5. The Kier molecular flexibility index (Phi) is 3.40. The monoisotopic (exact) mass is 239 g/mol. The van der Waals surface area contributed by atoms with Crippen molar-refractivity contribution in [3.05, 3.63) is 0 Å². The Bertz CT molecular complexity index is 315. The van der Waals surface area contributed by atoms with Gasteiger partial charge < -0.3 is 10.0 Å². The van der Waals surface area contributed by atoms with Gasteiger partial charge >= 0.3 is 5.97 Å². The lowest BCUT2D eigenvalue weighted by molar-refractivity contribution is -0.155. The average molecular weight is 239 g/mol. The number of aliphatic carboxylic acids is 1. The Hall–Kier alpha value is -1.06. The van der Waals surface area contributed by atoms with Gasteiger partial charge in [-0.1, -0.05) is 13.3 Å². The molecule has 0 atom stereocenters. The molecule has 0 aromatic heterocycles. The van der Waals surface area contributed by atoms with Gasteiger partial charge in [-0.3, -0.25) is 9.59 Å². The summed E-state index contributed by atoms with van der Waals surface area (Å²) < 4.78 is 0. The Labute approximate surface area is 102 Å². The minimum Gasteiger partial charge on any atom is -0.481 e. The van der Waals surface area contributed by atoms with Crippen molar-refractivity contribution < 1.29 is 14.7 Å². The van der Waals surface area contributed by atoms with Crippen LogP contribution in [0.15, 0.2) is 0 Å². The molecule has 1 heterocycles. The van der Waals surface area contributed by atoms with E-state index in [0.29, 0.717) is 25.9 Å². The Morgan fingerprint density at radius 3 is 2.29 bits per heavy atom. The van der Waals surface area contributed by atoms with Crippen LogP contribution in [0, 0.1) is 11.3 Å². The first-order chi connectivity index (χ1) is 8.09. The second kappa shape index (κ2) is 4.67.